The van der Waals surface area contributed by atoms with Crippen LogP contribution in [-0.4, -0.2) is 118 Å². The van der Waals surface area contributed by atoms with Crippen molar-refractivity contribution in [2.75, 3.05) is 65.7 Å². The van der Waals surface area contributed by atoms with E-state index >= 15 is 0 Å². The standard InChI is InChI=1S/C9H15N3O2.C5H12O4/c13-8(14)7-9(10-1-2-10,11-3-4-11)12-5-6-12;6-1-5(2-7,3-8)4-9/h1-7H2,(H,13,14);6-9H,1-4H2. The van der Waals surface area contributed by atoms with Crippen molar-refractivity contribution in [3.63, 3.8) is 0 Å². The zero-order valence-corrected chi connectivity index (χ0v) is 13.3. The molecular formula is C14H27N3O6. The van der Waals surface area contributed by atoms with Gasteiger partial charge in [0.25, 0.3) is 0 Å². The average Bonchev–Trinajstić information content (AvgIpc) is 3.44. The number of rotatable bonds is 9. The van der Waals surface area contributed by atoms with Crippen LogP contribution in [0.4, 0.5) is 0 Å². The van der Waals surface area contributed by atoms with E-state index < -0.39 is 37.8 Å². The summed E-state index contributed by atoms with van der Waals surface area (Å²) in [6, 6.07) is 0. The molecular weight excluding hydrogens is 306 g/mol. The molecule has 23 heavy (non-hydrogen) atoms. The van der Waals surface area contributed by atoms with E-state index in [0.717, 1.165) is 39.3 Å². The van der Waals surface area contributed by atoms with Crippen molar-refractivity contribution < 1.29 is 30.3 Å². The lowest BCUT2D eigenvalue weighted by Crippen LogP contribution is -2.54. The zero-order valence-electron chi connectivity index (χ0n) is 13.3. The maximum Gasteiger partial charge on any atom is 0.308 e. The topological polar surface area (TPSA) is 127 Å². The van der Waals surface area contributed by atoms with Crippen LogP contribution in [0.5, 0.6) is 0 Å². The van der Waals surface area contributed by atoms with Gasteiger partial charge in [-0.2, -0.15) is 0 Å². The van der Waals surface area contributed by atoms with E-state index in [-0.39, 0.29) is 12.2 Å². The van der Waals surface area contributed by atoms with Gasteiger partial charge in [-0.15, -0.1) is 0 Å². The maximum atomic E-state index is 10.9. The first-order valence-electron chi connectivity index (χ1n) is 7.88. The molecule has 9 heteroatoms. The van der Waals surface area contributed by atoms with Gasteiger partial charge in [0.1, 0.15) is 5.79 Å². The van der Waals surface area contributed by atoms with E-state index in [1.54, 1.807) is 0 Å². The fourth-order valence-electron chi connectivity index (χ4n) is 2.66. The van der Waals surface area contributed by atoms with E-state index in [2.05, 4.69) is 14.7 Å². The molecule has 3 aliphatic heterocycles. The summed E-state index contributed by atoms with van der Waals surface area (Å²) in [6.45, 7) is 4.71. The van der Waals surface area contributed by atoms with Gasteiger partial charge in [-0.1, -0.05) is 0 Å². The number of hydrogen-bond acceptors (Lipinski definition) is 8. The number of nitrogens with zero attached hydrogens (tertiary/aromatic N) is 3. The van der Waals surface area contributed by atoms with Crippen LogP contribution in [0.15, 0.2) is 0 Å². The van der Waals surface area contributed by atoms with Crippen molar-refractivity contribution in [1.29, 1.82) is 0 Å². The number of carboxylic acid groups (broad SMARTS) is 1. The maximum absolute atomic E-state index is 10.9. The van der Waals surface area contributed by atoms with Crippen LogP contribution in [0.2, 0.25) is 0 Å². The predicted molar refractivity (Wildman–Crippen MR) is 80.5 cm³/mol. The molecule has 5 N–H and O–H groups in total. The van der Waals surface area contributed by atoms with Crippen LogP contribution in [0, 0.1) is 5.41 Å². The molecule has 0 bridgehead atoms. The largest absolute Gasteiger partial charge is 0.481 e. The predicted octanol–water partition coefficient (Wildman–Crippen LogP) is -3.00. The SMILES string of the molecule is O=C(O)CC(N1CC1)(N1CC1)N1CC1.OCC(CO)(CO)CO. The van der Waals surface area contributed by atoms with Crippen molar-refractivity contribution >= 4 is 5.97 Å². The van der Waals surface area contributed by atoms with Crippen LogP contribution < -0.4 is 0 Å². The van der Waals surface area contributed by atoms with Crippen LogP contribution >= 0.6 is 0 Å². The fraction of sp³-hybridized carbons (Fsp3) is 0.929. The van der Waals surface area contributed by atoms with E-state index in [0.29, 0.717) is 0 Å². The number of carbonyl (C=O) groups is 1. The molecule has 3 saturated heterocycles. The van der Waals surface area contributed by atoms with Crippen molar-refractivity contribution in [3.8, 4) is 0 Å². The molecule has 0 unspecified atom stereocenters. The van der Waals surface area contributed by atoms with Gasteiger partial charge in [0, 0.05) is 39.3 Å². The summed E-state index contributed by atoms with van der Waals surface area (Å²) in [4.78, 5) is 17.8. The first-order chi connectivity index (χ1) is 11.0. The van der Waals surface area contributed by atoms with Crippen LogP contribution in [-0.2, 0) is 4.79 Å². The molecule has 0 aliphatic carbocycles. The minimum absolute atomic E-state index is 0.243. The Balaban J connectivity index is 0.000000188. The summed E-state index contributed by atoms with van der Waals surface area (Å²) in [5, 5.41) is 43.0. The Morgan fingerprint density at radius 1 is 0.739 bits per heavy atom. The molecule has 3 aliphatic rings. The monoisotopic (exact) mass is 333 g/mol. The van der Waals surface area contributed by atoms with Crippen LogP contribution in [0.25, 0.3) is 0 Å². The summed E-state index contributed by atoms with van der Waals surface area (Å²) in [7, 11) is 0. The van der Waals surface area contributed by atoms with Gasteiger partial charge in [0.2, 0.25) is 0 Å². The van der Waals surface area contributed by atoms with E-state index in [1.165, 1.54) is 0 Å². The van der Waals surface area contributed by atoms with Gasteiger partial charge in [-0.25, -0.2) is 0 Å². The molecule has 134 valence electrons. The third-order valence-electron chi connectivity index (χ3n) is 4.59. The smallest absolute Gasteiger partial charge is 0.308 e. The molecule has 3 rings (SSSR count). The van der Waals surface area contributed by atoms with Crippen molar-refractivity contribution in [1.82, 2.24) is 14.7 Å². The Kier molecular flexibility index (Phi) is 5.95. The summed E-state index contributed by atoms with van der Waals surface area (Å²) < 4.78 is 0. The lowest BCUT2D eigenvalue weighted by molar-refractivity contribution is -0.145. The van der Waals surface area contributed by atoms with Gasteiger partial charge in [0.15, 0.2) is 0 Å². The highest BCUT2D eigenvalue weighted by Crippen LogP contribution is 2.41. The highest BCUT2D eigenvalue weighted by atomic mass is 16.4. The first-order valence-corrected chi connectivity index (χ1v) is 7.88. The molecule has 0 spiro atoms. The van der Waals surface area contributed by atoms with Crippen LogP contribution in [0.1, 0.15) is 6.42 Å². The lowest BCUT2D eigenvalue weighted by Gasteiger charge is -2.37. The van der Waals surface area contributed by atoms with Crippen molar-refractivity contribution in [2.45, 2.75) is 12.2 Å². The number of hydrogen-bond donors (Lipinski definition) is 5. The number of aliphatic hydroxyl groups is 4. The van der Waals surface area contributed by atoms with Gasteiger partial charge in [-0.05, 0) is 0 Å². The van der Waals surface area contributed by atoms with E-state index in [1.807, 2.05) is 0 Å². The molecule has 0 aromatic heterocycles. The highest BCUT2D eigenvalue weighted by molar-refractivity contribution is 5.68. The number of aliphatic hydroxyl groups excluding tert-OH is 4. The van der Waals surface area contributed by atoms with Gasteiger partial charge in [0.05, 0.1) is 38.3 Å². The normalized spacial score (nSPS) is 21.6. The fourth-order valence-corrected chi connectivity index (χ4v) is 2.66. The average molecular weight is 333 g/mol. The molecule has 3 heterocycles. The minimum atomic E-state index is -1.11. The second-order valence-electron chi connectivity index (χ2n) is 6.44. The second-order valence-corrected chi connectivity index (χ2v) is 6.44. The Hall–Kier alpha value is -0.810. The highest BCUT2D eigenvalue weighted by Gasteiger charge is 2.58. The Morgan fingerprint density at radius 2 is 1.04 bits per heavy atom. The Bertz CT molecular complexity index is 357. The summed E-state index contributed by atoms with van der Waals surface area (Å²) in [6.07, 6.45) is 0.243. The molecule has 0 amide bonds. The van der Waals surface area contributed by atoms with Crippen molar-refractivity contribution in [3.05, 3.63) is 0 Å². The van der Waals surface area contributed by atoms with Crippen molar-refractivity contribution in [2.24, 2.45) is 5.41 Å². The quantitative estimate of drug-likeness (QED) is 0.281. The molecule has 0 radical (unpaired) electrons. The van der Waals surface area contributed by atoms with E-state index in [4.69, 9.17) is 25.5 Å². The molecule has 3 fully saturated rings. The Labute approximate surface area is 135 Å². The second kappa shape index (κ2) is 7.39. The number of aliphatic carboxylic acids is 1. The lowest BCUT2D eigenvalue weighted by atomic mass is 9.93. The molecule has 9 nitrogen and oxygen atoms in total. The first kappa shape index (κ1) is 18.5. The summed E-state index contributed by atoms with van der Waals surface area (Å²) in [5.74, 6) is -0.929. The summed E-state index contributed by atoms with van der Waals surface area (Å²) in [5.41, 5.74) is -1.11. The van der Waals surface area contributed by atoms with Gasteiger partial charge in [-0.3, -0.25) is 19.5 Å². The minimum Gasteiger partial charge on any atom is -0.481 e. The van der Waals surface area contributed by atoms with Gasteiger partial charge < -0.3 is 25.5 Å². The van der Waals surface area contributed by atoms with Crippen LogP contribution in [0.3, 0.4) is 0 Å². The van der Waals surface area contributed by atoms with E-state index in [9.17, 15) is 4.79 Å². The van der Waals surface area contributed by atoms with Gasteiger partial charge >= 0.3 is 5.97 Å². The molecule has 0 aromatic rings. The third kappa shape index (κ3) is 4.18. The third-order valence-corrected chi connectivity index (χ3v) is 4.59. The summed E-state index contributed by atoms with van der Waals surface area (Å²) >= 11 is 0. The molecule has 0 atom stereocenters. The Morgan fingerprint density at radius 3 is 1.17 bits per heavy atom. The molecule has 0 saturated carbocycles. The molecule has 0 aromatic carbocycles. The number of carboxylic acids is 1. The zero-order chi connectivity index (χ0) is 17.1.